The molecule has 0 rings (SSSR count). The van der Waals surface area contributed by atoms with E-state index in [1.54, 1.807) is 6.92 Å². The summed E-state index contributed by atoms with van der Waals surface area (Å²) in [7, 11) is 0. The minimum atomic E-state index is 0.260. The van der Waals surface area contributed by atoms with Gasteiger partial charge in [0.1, 0.15) is 5.78 Å². The van der Waals surface area contributed by atoms with Crippen LogP contribution in [0.15, 0.2) is 0 Å². The number of unbranched alkanes of at least 4 members (excludes halogenated alkanes) is 1. The molecule has 84 valence electrons. The van der Waals surface area contributed by atoms with Gasteiger partial charge in [0.2, 0.25) is 0 Å². The van der Waals surface area contributed by atoms with Crippen molar-refractivity contribution in [2.24, 2.45) is 0 Å². The van der Waals surface area contributed by atoms with E-state index in [0.29, 0.717) is 19.6 Å². The smallest absolute Gasteiger partial charge is 0.129 e. The summed E-state index contributed by atoms with van der Waals surface area (Å²) in [5.74, 6) is 0.260. The summed E-state index contributed by atoms with van der Waals surface area (Å²) in [4.78, 5) is 10.6. The van der Waals surface area contributed by atoms with Gasteiger partial charge >= 0.3 is 0 Å². The molecule has 0 fully saturated rings. The molecule has 0 amide bonds. The van der Waals surface area contributed by atoms with Gasteiger partial charge in [-0.2, -0.15) is 0 Å². The number of hydrogen-bond donors (Lipinski definition) is 0. The number of ether oxygens (including phenoxy) is 2. The first kappa shape index (κ1) is 13.6. The summed E-state index contributed by atoms with van der Waals surface area (Å²) in [6, 6.07) is 0. The van der Waals surface area contributed by atoms with E-state index in [-0.39, 0.29) is 5.78 Å². The van der Waals surface area contributed by atoms with Crippen LogP contribution in [-0.4, -0.2) is 32.2 Å². The Morgan fingerprint density at radius 1 is 1.00 bits per heavy atom. The molecule has 3 nitrogen and oxygen atoms in total. The van der Waals surface area contributed by atoms with E-state index in [4.69, 9.17) is 9.47 Å². The highest BCUT2D eigenvalue weighted by molar-refractivity contribution is 5.75. The van der Waals surface area contributed by atoms with Crippen molar-refractivity contribution in [3.8, 4) is 0 Å². The predicted octanol–water partition coefficient (Wildman–Crippen LogP) is 2.19. The van der Waals surface area contributed by atoms with Crippen molar-refractivity contribution in [2.75, 3.05) is 26.4 Å². The summed E-state index contributed by atoms with van der Waals surface area (Å²) in [6.45, 7) is 6.61. The molecule has 0 saturated heterocycles. The fourth-order valence-corrected chi connectivity index (χ4v) is 1.04. The fourth-order valence-electron chi connectivity index (χ4n) is 1.04. The van der Waals surface area contributed by atoms with Gasteiger partial charge in [0.15, 0.2) is 0 Å². The highest BCUT2D eigenvalue weighted by Gasteiger charge is 1.93. The summed E-state index contributed by atoms with van der Waals surface area (Å²) in [6.07, 6.45) is 3.63. The van der Waals surface area contributed by atoms with Crippen molar-refractivity contribution in [3.63, 3.8) is 0 Å². The Kier molecular flexibility index (Phi) is 10.4. The van der Waals surface area contributed by atoms with Crippen LogP contribution in [0.5, 0.6) is 0 Å². The quantitative estimate of drug-likeness (QED) is 0.509. The van der Waals surface area contributed by atoms with Gasteiger partial charge in [-0.1, -0.05) is 6.92 Å². The molecule has 0 unspecified atom stereocenters. The number of carbonyl (C=O) groups excluding carboxylic acids is 1. The number of Topliss-reactive ketones (excluding diaryl/α,β-unsaturated/α-hetero) is 1. The Morgan fingerprint density at radius 2 is 1.64 bits per heavy atom. The van der Waals surface area contributed by atoms with Gasteiger partial charge in [0, 0.05) is 19.6 Å². The van der Waals surface area contributed by atoms with E-state index in [1.807, 2.05) is 0 Å². The molecule has 0 atom stereocenters. The van der Waals surface area contributed by atoms with Gasteiger partial charge in [-0.15, -0.1) is 0 Å². The third-order valence-corrected chi connectivity index (χ3v) is 1.79. The molecule has 0 heterocycles. The Labute approximate surface area is 86.8 Å². The molecule has 0 aliphatic carbocycles. The molecule has 0 N–H and O–H groups in total. The summed E-state index contributed by atoms with van der Waals surface area (Å²) >= 11 is 0. The monoisotopic (exact) mass is 202 g/mol. The minimum Gasteiger partial charge on any atom is -0.379 e. The van der Waals surface area contributed by atoms with Crippen molar-refractivity contribution < 1.29 is 14.3 Å². The lowest BCUT2D eigenvalue weighted by molar-refractivity contribution is -0.117. The molecule has 0 aliphatic heterocycles. The third-order valence-electron chi connectivity index (χ3n) is 1.79. The number of hydrogen-bond acceptors (Lipinski definition) is 3. The Balaban J connectivity index is 2.88. The van der Waals surface area contributed by atoms with E-state index >= 15 is 0 Å². The fraction of sp³-hybridized carbons (Fsp3) is 0.909. The van der Waals surface area contributed by atoms with Crippen molar-refractivity contribution in [3.05, 3.63) is 0 Å². The molecule has 3 heteroatoms. The van der Waals surface area contributed by atoms with Crippen molar-refractivity contribution in [1.29, 1.82) is 0 Å². The SMILES string of the molecule is CCCOCCOCCCCC(C)=O. The predicted molar refractivity (Wildman–Crippen MR) is 56.5 cm³/mol. The molecule has 0 aliphatic rings. The van der Waals surface area contributed by atoms with Crippen LogP contribution in [0.4, 0.5) is 0 Å². The van der Waals surface area contributed by atoms with Crippen LogP contribution in [0.3, 0.4) is 0 Å². The average Bonchev–Trinajstić information content (AvgIpc) is 2.15. The zero-order valence-electron chi connectivity index (χ0n) is 9.38. The molecule has 0 spiro atoms. The van der Waals surface area contributed by atoms with Crippen LogP contribution in [0, 0.1) is 0 Å². The van der Waals surface area contributed by atoms with Crippen LogP contribution in [0.1, 0.15) is 39.5 Å². The van der Waals surface area contributed by atoms with Crippen molar-refractivity contribution >= 4 is 5.78 Å². The number of rotatable bonds is 10. The molecule has 0 aromatic rings. The van der Waals surface area contributed by atoms with E-state index in [2.05, 4.69) is 6.92 Å². The molecule has 0 bridgehead atoms. The lowest BCUT2D eigenvalue weighted by Crippen LogP contribution is -2.06. The maximum absolute atomic E-state index is 10.6. The molecule has 14 heavy (non-hydrogen) atoms. The Bertz CT molecular complexity index is 134. The highest BCUT2D eigenvalue weighted by Crippen LogP contribution is 1.96. The number of ketones is 1. The van der Waals surface area contributed by atoms with Crippen molar-refractivity contribution in [1.82, 2.24) is 0 Å². The molecular formula is C11H22O3. The van der Waals surface area contributed by atoms with Gasteiger partial charge in [-0.3, -0.25) is 0 Å². The second-order valence-electron chi connectivity index (χ2n) is 3.38. The topological polar surface area (TPSA) is 35.5 Å². The normalized spacial score (nSPS) is 10.4. The van der Waals surface area contributed by atoms with Crippen LogP contribution in [0.2, 0.25) is 0 Å². The first-order valence-electron chi connectivity index (χ1n) is 5.42. The molecular weight excluding hydrogens is 180 g/mol. The van der Waals surface area contributed by atoms with Crippen LogP contribution < -0.4 is 0 Å². The summed E-state index contributed by atoms with van der Waals surface area (Å²) in [5, 5.41) is 0. The third kappa shape index (κ3) is 11.6. The van der Waals surface area contributed by atoms with Crippen LogP contribution >= 0.6 is 0 Å². The zero-order valence-corrected chi connectivity index (χ0v) is 9.38. The van der Waals surface area contributed by atoms with Gasteiger partial charge < -0.3 is 14.3 Å². The zero-order chi connectivity index (χ0) is 10.6. The molecule has 0 radical (unpaired) electrons. The maximum atomic E-state index is 10.6. The average molecular weight is 202 g/mol. The minimum absolute atomic E-state index is 0.260. The summed E-state index contributed by atoms with van der Waals surface area (Å²) < 4.78 is 10.6. The Hall–Kier alpha value is -0.410. The molecule has 0 saturated carbocycles. The van der Waals surface area contributed by atoms with Crippen LogP contribution in [-0.2, 0) is 14.3 Å². The van der Waals surface area contributed by atoms with Gasteiger partial charge in [0.25, 0.3) is 0 Å². The maximum Gasteiger partial charge on any atom is 0.129 e. The lowest BCUT2D eigenvalue weighted by Gasteiger charge is -2.04. The second kappa shape index (κ2) is 10.7. The molecule has 0 aromatic heterocycles. The largest absolute Gasteiger partial charge is 0.379 e. The van der Waals surface area contributed by atoms with E-state index in [1.165, 1.54) is 0 Å². The van der Waals surface area contributed by atoms with Crippen LogP contribution in [0.25, 0.3) is 0 Å². The first-order chi connectivity index (χ1) is 6.77. The first-order valence-corrected chi connectivity index (χ1v) is 5.42. The van der Waals surface area contributed by atoms with Crippen molar-refractivity contribution in [2.45, 2.75) is 39.5 Å². The lowest BCUT2D eigenvalue weighted by atomic mass is 10.2. The highest BCUT2D eigenvalue weighted by atomic mass is 16.5. The second-order valence-corrected chi connectivity index (χ2v) is 3.38. The van der Waals surface area contributed by atoms with E-state index < -0.39 is 0 Å². The number of carbonyl (C=O) groups is 1. The van der Waals surface area contributed by atoms with Gasteiger partial charge in [-0.05, 0) is 26.2 Å². The van der Waals surface area contributed by atoms with E-state index in [0.717, 1.165) is 32.5 Å². The Morgan fingerprint density at radius 3 is 2.21 bits per heavy atom. The summed E-state index contributed by atoms with van der Waals surface area (Å²) in [5.41, 5.74) is 0. The van der Waals surface area contributed by atoms with Gasteiger partial charge in [0.05, 0.1) is 13.2 Å². The molecule has 0 aromatic carbocycles. The van der Waals surface area contributed by atoms with E-state index in [9.17, 15) is 4.79 Å². The standard InChI is InChI=1S/C11H22O3/c1-3-7-13-9-10-14-8-5-4-6-11(2)12/h3-10H2,1-2H3. The van der Waals surface area contributed by atoms with Gasteiger partial charge in [-0.25, -0.2) is 0 Å².